The first-order valence-electron chi connectivity index (χ1n) is 10.2. The maximum absolute atomic E-state index is 13.5. The van der Waals surface area contributed by atoms with Gasteiger partial charge in [0.25, 0.3) is 5.91 Å². The molecule has 2 atom stereocenters. The van der Waals surface area contributed by atoms with Gasteiger partial charge in [-0.2, -0.15) is 0 Å². The average Bonchev–Trinajstić information content (AvgIpc) is 2.82. The first-order valence-corrected chi connectivity index (χ1v) is 10.6. The summed E-state index contributed by atoms with van der Waals surface area (Å²) >= 11 is 6.34. The maximum Gasteiger partial charge on any atom is 0.306 e. The van der Waals surface area contributed by atoms with Crippen molar-refractivity contribution in [2.75, 3.05) is 25.7 Å². The summed E-state index contributed by atoms with van der Waals surface area (Å²) in [7, 11) is 3.08. The van der Waals surface area contributed by atoms with Crippen molar-refractivity contribution in [2.45, 2.75) is 39.4 Å². The van der Waals surface area contributed by atoms with Gasteiger partial charge in [0, 0.05) is 34.4 Å². The molecule has 1 N–H and O–H groups in total. The number of anilines is 1. The molecule has 1 amide bonds. The lowest BCUT2D eigenvalue weighted by molar-refractivity contribution is -0.147. The van der Waals surface area contributed by atoms with Crippen LogP contribution in [0.4, 0.5) is 5.69 Å². The molecule has 0 radical (unpaired) electrons. The van der Waals surface area contributed by atoms with Crippen molar-refractivity contribution in [1.29, 1.82) is 0 Å². The van der Waals surface area contributed by atoms with Gasteiger partial charge in [-0.3, -0.25) is 9.59 Å². The first-order chi connectivity index (χ1) is 15.0. The Labute approximate surface area is 192 Å². The summed E-state index contributed by atoms with van der Waals surface area (Å²) in [6.45, 7) is 6.42. The summed E-state index contributed by atoms with van der Waals surface area (Å²) < 4.78 is 17.1. The molecule has 2 aromatic rings. The van der Waals surface area contributed by atoms with Crippen LogP contribution in [-0.2, 0) is 14.3 Å². The normalized spacial score (nSPS) is 18.7. The van der Waals surface area contributed by atoms with Crippen LogP contribution in [0.5, 0.6) is 11.5 Å². The Balaban J connectivity index is 2.24. The first kappa shape index (κ1) is 23.9. The van der Waals surface area contributed by atoms with Crippen LogP contribution >= 0.6 is 11.6 Å². The van der Waals surface area contributed by atoms with E-state index in [2.05, 4.69) is 0 Å². The van der Waals surface area contributed by atoms with Crippen LogP contribution in [0, 0.1) is 5.41 Å². The Morgan fingerprint density at radius 1 is 1.12 bits per heavy atom. The lowest BCUT2D eigenvalue weighted by Gasteiger charge is -2.31. The molecule has 1 heterocycles. The van der Waals surface area contributed by atoms with E-state index >= 15 is 0 Å². The zero-order valence-corrected chi connectivity index (χ0v) is 19.6. The molecule has 1 aliphatic rings. The topological polar surface area (TPSA) is 85.3 Å². The number of amides is 1. The van der Waals surface area contributed by atoms with Crippen LogP contribution in [0.1, 0.15) is 44.4 Å². The fraction of sp³-hybridized carbons (Fsp3) is 0.417. The van der Waals surface area contributed by atoms with Crippen molar-refractivity contribution in [2.24, 2.45) is 5.41 Å². The van der Waals surface area contributed by atoms with Crippen molar-refractivity contribution in [3.05, 3.63) is 52.5 Å². The lowest BCUT2D eigenvalue weighted by atomic mass is 9.94. The highest BCUT2D eigenvalue weighted by molar-refractivity contribution is 6.30. The van der Waals surface area contributed by atoms with Gasteiger partial charge in [0.1, 0.15) is 23.7 Å². The molecular weight excluding hydrogens is 434 g/mol. The number of rotatable bonds is 6. The number of ether oxygens (including phenoxy) is 3. The van der Waals surface area contributed by atoms with E-state index in [1.54, 1.807) is 48.4 Å². The number of halogens is 1. The number of carboxylic acid groups (broad SMARTS) is 1. The molecule has 1 aliphatic heterocycles. The van der Waals surface area contributed by atoms with Gasteiger partial charge < -0.3 is 24.2 Å². The minimum absolute atomic E-state index is 0.238. The van der Waals surface area contributed by atoms with Crippen molar-refractivity contribution < 1.29 is 28.9 Å². The SMILES string of the molecule is COc1ccc([C@@H]2O[C@@H](CC(=O)O)C(=O)N(CC(C)(C)C)c3ccc(Cl)cc32)c(OC)c1. The molecule has 0 fully saturated rings. The highest BCUT2D eigenvalue weighted by Crippen LogP contribution is 2.44. The van der Waals surface area contributed by atoms with E-state index in [9.17, 15) is 14.7 Å². The second kappa shape index (κ2) is 9.38. The van der Waals surface area contributed by atoms with Crippen LogP contribution in [0.3, 0.4) is 0 Å². The minimum atomic E-state index is -1.18. The molecule has 8 heteroatoms. The van der Waals surface area contributed by atoms with E-state index in [1.165, 1.54) is 7.11 Å². The van der Waals surface area contributed by atoms with Crippen molar-refractivity contribution >= 4 is 29.2 Å². The number of nitrogens with zero attached hydrogens (tertiary/aromatic N) is 1. The summed E-state index contributed by atoms with van der Waals surface area (Å²) in [5.41, 5.74) is 1.69. The van der Waals surface area contributed by atoms with E-state index < -0.39 is 30.5 Å². The number of hydrogen-bond donors (Lipinski definition) is 1. The zero-order chi connectivity index (χ0) is 23.6. The third-order valence-electron chi connectivity index (χ3n) is 5.12. The summed E-state index contributed by atoms with van der Waals surface area (Å²) in [4.78, 5) is 26.7. The number of carboxylic acids is 1. The molecule has 32 heavy (non-hydrogen) atoms. The van der Waals surface area contributed by atoms with E-state index in [0.29, 0.717) is 39.9 Å². The van der Waals surface area contributed by atoms with E-state index in [0.717, 1.165) is 0 Å². The second-order valence-corrected chi connectivity index (χ2v) is 9.34. The van der Waals surface area contributed by atoms with Crippen molar-refractivity contribution in [1.82, 2.24) is 0 Å². The summed E-state index contributed by atoms with van der Waals surface area (Å²) in [6, 6.07) is 10.5. The number of methoxy groups -OCH3 is 2. The number of benzene rings is 2. The van der Waals surface area contributed by atoms with Crippen LogP contribution in [0.15, 0.2) is 36.4 Å². The molecule has 172 valence electrons. The Hall–Kier alpha value is -2.77. The Morgan fingerprint density at radius 3 is 2.44 bits per heavy atom. The molecule has 2 aromatic carbocycles. The Bertz CT molecular complexity index is 1020. The lowest BCUT2D eigenvalue weighted by Crippen LogP contribution is -2.44. The van der Waals surface area contributed by atoms with Crippen LogP contribution < -0.4 is 14.4 Å². The molecule has 0 saturated heterocycles. The van der Waals surface area contributed by atoms with Crippen LogP contribution in [-0.4, -0.2) is 43.9 Å². The van der Waals surface area contributed by atoms with E-state index in [1.807, 2.05) is 20.8 Å². The summed E-state index contributed by atoms with van der Waals surface area (Å²) in [5.74, 6) is -0.437. The summed E-state index contributed by atoms with van der Waals surface area (Å²) in [5, 5.41) is 9.94. The Kier molecular flexibility index (Phi) is 7.00. The smallest absolute Gasteiger partial charge is 0.306 e. The monoisotopic (exact) mass is 461 g/mol. The third kappa shape index (κ3) is 5.16. The van der Waals surface area contributed by atoms with Gasteiger partial charge in [-0.25, -0.2) is 0 Å². The number of carbonyl (C=O) groups is 2. The fourth-order valence-electron chi connectivity index (χ4n) is 3.78. The fourth-order valence-corrected chi connectivity index (χ4v) is 3.96. The number of aliphatic carboxylic acids is 1. The average molecular weight is 462 g/mol. The highest BCUT2D eigenvalue weighted by atomic mass is 35.5. The van der Waals surface area contributed by atoms with Gasteiger partial charge in [0.2, 0.25) is 0 Å². The van der Waals surface area contributed by atoms with Gasteiger partial charge >= 0.3 is 5.97 Å². The van der Waals surface area contributed by atoms with E-state index in [-0.39, 0.29) is 5.41 Å². The van der Waals surface area contributed by atoms with Gasteiger partial charge in [-0.05, 0) is 35.7 Å². The van der Waals surface area contributed by atoms with Gasteiger partial charge in [0.15, 0.2) is 0 Å². The number of fused-ring (bicyclic) bond motifs is 1. The standard InChI is InChI=1S/C24H28ClNO6/c1-24(2,3)13-26-18-9-6-14(25)10-17(18)22(32-20(23(26)29)12-21(27)28)16-8-7-15(30-4)11-19(16)31-5/h6-11,20,22H,12-13H2,1-5H3,(H,27,28)/t20-,22-/m0/s1. The van der Waals surface area contributed by atoms with Crippen molar-refractivity contribution in [3.8, 4) is 11.5 Å². The molecule has 0 bridgehead atoms. The highest BCUT2D eigenvalue weighted by Gasteiger charge is 2.39. The Morgan fingerprint density at radius 2 is 1.84 bits per heavy atom. The summed E-state index contributed by atoms with van der Waals surface area (Å²) in [6.07, 6.45) is -2.42. The van der Waals surface area contributed by atoms with Crippen molar-refractivity contribution in [3.63, 3.8) is 0 Å². The molecule has 0 saturated carbocycles. The zero-order valence-electron chi connectivity index (χ0n) is 18.8. The quantitative estimate of drug-likeness (QED) is 0.671. The minimum Gasteiger partial charge on any atom is -0.497 e. The van der Waals surface area contributed by atoms with E-state index in [4.69, 9.17) is 25.8 Å². The molecule has 0 aromatic heterocycles. The van der Waals surface area contributed by atoms with Gasteiger partial charge in [-0.15, -0.1) is 0 Å². The second-order valence-electron chi connectivity index (χ2n) is 8.90. The molecule has 3 rings (SSSR count). The predicted octanol–water partition coefficient (Wildman–Crippen LogP) is 4.70. The van der Waals surface area contributed by atoms with Crippen LogP contribution in [0.25, 0.3) is 0 Å². The number of hydrogen-bond acceptors (Lipinski definition) is 5. The number of carbonyl (C=O) groups excluding carboxylic acids is 1. The van der Waals surface area contributed by atoms with Gasteiger partial charge in [0.05, 0.1) is 20.6 Å². The largest absolute Gasteiger partial charge is 0.497 e. The molecular formula is C24H28ClNO6. The predicted molar refractivity (Wildman–Crippen MR) is 122 cm³/mol. The maximum atomic E-state index is 13.5. The molecule has 0 spiro atoms. The van der Waals surface area contributed by atoms with Gasteiger partial charge in [-0.1, -0.05) is 32.4 Å². The van der Waals surface area contributed by atoms with Crippen LogP contribution in [0.2, 0.25) is 5.02 Å². The third-order valence-corrected chi connectivity index (χ3v) is 5.36. The molecule has 0 unspecified atom stereocenters. The molecule has 7 nitrogen and oxygen atoms in total. The molecule has 0 aliphatic carbocycles.